The Morgan fingerprint density at radius 1 is 0.308 bits per heavy atom. The first-order valence-corrected chi connectivity index (χ1v) is 47.2. The second kappa shape index (κ2) is 23.1. The Balaban J connectivity index is 0.0000000817. The normalized spacial score (nSPS) is 15.9. The Morgan fingerprint density at radius 3 is 1.15 bits per heavy atom. The van der Waals surface area contributed by atoms with E-state index in [2.05, 4.69) is 361 Å². The van der Waals surface area contributed by atoms with Crippen molar-refractivity contribution >= 4 is 238 Å². The Labute approximate surface area is 696 Å². The van der Waals surface area contributed by atoms with E-state index >= 15 is 0 Å². The zero-order valence-corrected chi connectivity index (χ0v) is 68.2. The van der Waals surface area contributed by atoms with Crippen LogP contribution in [-0.2, 0) is 0 Å². The summed E-state index contributed by atoms with van der Waals surface area (Å²) in [6, 6.07) is 115. The number of nitrogens with zero attached hydrogens (tertiary/aromatic N) is 5. The van der Waals surface area contributed by atoms with E-state index < -0.39 is 6.39 Å². The molecule has 4 fully saturated rings. The molecule has 20 aromatic rings. The topological polar surface area (TPSA) is 69.0 Å². The fraction of sp³-hybridized carbons (Fsp3) is 0.0303. The summed E-state index contributed by atoms with van der Waals surface area (Å²) >= 11 is 0. The molecule has 0 bridgehead atoms. The molecule has 12 aliphatic rings. The fourth-order valence-corrected chi connectivity index (χ4v) is 36.8. The van der Waals surface area contributed by atoms with E-state index in [4.69, 9.17) is 23.5 Å². The third-order valence-electron chi connectivity index (χ3n) is 29.9. The summed E-state index contributed by atoms with van der Waals surface area (Å²) in [5.41, 5.74) is 35.1. The van der Waals surface area contributed by atoms with Crippen molar-refractivity contribution in [2.75, 3.05) is 0 Å². The summed E-state index contributed by atoms with van der Waals surface area (Å²) in [6.45, 7) is 10.2. The van der Waals surface area contributed by atoms with Crippen LogP contribution >= 0.6 is 13.9 Å². The second-order valence-electron chi connectivity index (χ2n) is 36.2. The van der Waals surface area contributed by atoms with Crippen LogP contribution in [0.1, 0.15) is 16.7 Å². The van der Waals surface area contributed by atoms with Crippen LogP contribution in [0.4, 0.5) is 0 Å². The van der Waals surface area contributed by atoms with Crippen molar-refractivity contribution in [1.82, 2.24) is 18.3 Å². The molecule has 21 heteroatoms. The maximum atomic E-state index is 6.55. The minimum atomic E-state index is -1.99. The molecule has 551 valence electrons. The van der Waals surface area contributed by atoms with Gasteiger partial charge in [0.25, 0.3) is 20.1 Å². The van der Waals surface area contributed by atoms with E-state index in [9.17, 15) is 0 Å². The monoisotopic (exact) mass is 1560 g/mol. The molecule has 0 amide bonds. The first-order chi connectivity index (χ1) is 59.2. The van der Waals surface area contributed by atoms with Crippen molar-refractivity contribution in [3.05, 3.63) is 332 Å². The first kappa shape index (κ1) is 66.1. The molecule has 0 atom stereocenters. The van der Waals surface area contributed by atoms with Crippen molar-refractivity contribution in [2.45, 2.75) is 20.8 Å². The zero-order valence-electron chi connectivity index (χ0n) is 66.4. The molecule has 0 N–H and O–H groups in total. The van der Waals surface area contributed by atoms with Gasteiger partial charge in [-0.2, -0.15) is 0 Å². The quantitative estimate of drug-likeness (QED) is 0.128. The van der Waals surface area contributed by atoms with Gasteiger partial charge in [-0.3, -0.25) is 0 Å². The zero-order chi connectivity index (χ0) is 78.2. The van der Waals surface area contributed by atoms with Gasteiger partial charge < -0.3 is 27.9 Å². The van der Waals surface area contributed by atoms with Gasteiger partial charge >= 0.3 is 213 Å². The molecule has 0 unspecified atom stereocenters. The van der Waals surface area contributed by atoms with E-state index in [0.717, 1.165) is 64.6 Å². The summed E-state index contributed by atoms with van der Waals surface area (Å²) < 4.78 is 41.5. The molecule has 32 rings (SSSR count). The van der Waals surface area contributed by atoms with Crippen LogP contribution in [0.3, 0.4) is 0 Å². The summed E-state index contributed by atoms with van der Waals surface area (Å²) in [5.74, 6) is 7.84. The number of rotatable bonds is 2. The van der Waals surface area contributed by atoms with Gasteiger partial charge in [-0.15, -0.1) is 0 Å². The number of para-hydroxylation sites is 9. The van der Waals surface area contributed by atoms with Crippen LogP contribution < -0.4 is 89.8 Å². The van der Waals surface area contributed by atoms with Gasteiger partial charge in [0.1, 0.15) is 34.5 Å². The predicted molar refractivity (Wildman–Crippen MR) is 518 cm³/mol. The number of aryl methyl sites for hydroxylation is 3. The summed E-state index contributed by atoms with van der Waals surface area (Å²) in [4.78, 5) is 0. The molecule has 12 aliphatic heterocycles. The first-order valence-electron chi connectivity index (χ1n) is 43.0. The molecule has 1 radical (unpaired) electrons. The van der Waals surface area contributed by atoms with Crippen LogP contribution in [0.25, 0.3) is 110 Å². The summed E-state index contributed by atoms with van der Waals surface area (Å²) in [7, 11) is 0.506. The number of hydrogen-bond donors (Lipinski definition) is 0. The molecule has 4 aromatic heterocycles. The molecular weight excluding hydrogens is 1490 g/mol. The Morgan fingerprint density at radius 2 is 0.675 bits per heavy atom. The van der Waals surface area contributed by atoms with E-state index in [-0.39, 0.29) is 41.2 Å². The molecule has 9 nitrogen and oxygen atoms in total. The third-order valence-corrected chi connectivity index (χ3v) is 41.3. The van der Waals surface area contributed by atoms with Crippen LogP contribution in [-0.4, -0.2) is 84.6 Å². The Kier molecular flexibility index (Phi) is 12.7. The molecule has 0 saturated carbocycles. The molecule has 0 spiro atoms. The van der Waals surface area contributed by atoms with Gasteiger partial charge in [0, 0.05) is 49.4 Å². The van der Waals surface area contributed by atoms with E-state index in [1.54, 1.807) is 5.30 Å². The molecule has 120 heavy (non-hydrogen) atoms. The summed E-state index contributed by atoms with van der Waals surface area (Å²) in [6.07, 6.45) is 1.20. The number of benzene rings is 16. The van der Waals surface area contributed by atoms with E-state index in [0.29, 0.717) is 7.06 Å². The van der Waals surface area contributed by atoms with Crippen LogP contribution in [0.5, 0.6) is 46.0 Å². The van der Waals surface area contributed by atoms with E-state index in [1.807, 2.05) is 0 Å². The van der Waals surface area contributed by atoms with Crippen LogP contribution in [0.2, 0.25) is 0 Å². The predicted octanol–water partition coefficient (Wildman–Crippen LogP) is 13.5. The average molecular weight is 1560 g/mol. The van der Waals surface area contributed by atoms with Gasteiger partial charge in [0.2, 0.25) is 0 Å². The van der Waals surface area contributed by atoms with Crippen molar-refractivity contribution in [1.29, 1.82) is 0 Å². The van der Waals surface area contributed by atoms with Gasteiger partial charge in [-0.05, 0) is 172 Å². The average Bonchev–Trinajstić information content (AvgIpc) is 1.42. The molecular formula is C99H65B10N5O4P2-. The summed E-state index contributed by atoms with van der Waals surface area (Å²) in [5, 5.41) is 12.4. The Hall–Kier alpha value is -12.9. The van der Waals surface area contributed by atoms with Crippen LogP contribution in [0, 0.1) is 20.8 Å². The number of hydrogen-bond acceptors (Lipinski definition) is 5. The third kappa shape index (κ3) is 8.45. The number of aromatic nitrogens is 4. The van der Waals surface area contributed by atoms with Crippen LogP contribution in [0.15, 0.2) is 320 Å². The van der Waals surface area contributed by atoms with Crippen molar-refractivity contribution < 1.29 is 18.9 Å². The Bertz CT molecular complexity index is 8210. The van der Waals surface area contributed by atoms with Gasteiger partial charge in [0.15, 0.2) is 0 Å². The van der Waals surface area contributed by atoms with Crippen molar-refractivity contribution in [3.63, 3.8) is 0 Å². The second-order valence-corrected chi connectivity index (χ2v) is 44.7. The van der Waals surface area contributed by atoms with Crippen molar-refractivity contribution in [2.24, 2.45) is 4.52 Å². The van der Waals surface area contributed by atoms with Crippen molar-refractivity contribution in [3.8, 4) is 68.7 Å². The molecule has 16 aromatic carbocycles. The SMILES string of the molecule is Cc1ccc2c(c1)c1ccc3c4c1n2-c1ccccc1B4c1ccccc1O3.Cc1ccc2c3ccc4c5c3n(c2c1)-c1ccccc1B5c1ccccc1O4.Cc1cccc2c3ccc4c5c3n(c12)-c1ccccc1B5c1ccccc1O4.[B]1B2[BH2-]P12(N=[P+]1B2[BH2-]B21)c1cccc2c1c1ccc3c4c1n2-c1ccccc1B4c1ccccc1O3. The minimum absolute atomic E-state index is 0.0643. The molecule has 16 heterocycles. The molecule has 4 saturated heterocycles. The fourth-order valence-electron chi connectivity index (χ4n) is 24.0. The number of fused-ring (bicyclic) bond motifs is 34. The molecule has 0 aliphatic carbocycles. The van der Waals surface area contributed by atoms with Gasteiger partial charge in [0.05, 0.1) is 33.1 Å². The standard InChI is InChI=1S/3C25H16BNO.C24H17B7N2OP2/c1-15-7-6-8-16-17-13-14-22-23-25(17)27(24(15)16)20-11-4-2-9-18(20)26(23)19-10-3-5-12-21(19)28-22;1-15-10-12-20-17(14-15)16-11-13-23-24-25(16)27(20)21-8-4-2-6-18(21)26(24)19-7-3-5-9-22(19)28-23;1-15-10-11-16-17-12-13-23-24-25(17)27(21(16)14-15)20-8-4-2-6-18(20)26(24)19-7-3-5-9-22(19)28-23;1-3-8-17-15(6-1)28-16-7-2-4-10-19(16)34-20-13-12-14-22-18(33(17)24(14)23(20)28)9-5-11-21(22)36(26-29(36)27-36)32-35-30-25-31(30)35/h3*2-14H,1H3;1-13H,25-26H2/q;;;-1. The maximum absolute atomic E-state index is 6.55. The van der Waals surface area contributed by atoms with Gasteiger partial charge in [-0.25, -0.2) is 0 Å². The number of ether oxygens (including phenoxy) is 4. The van der Waals surface area contributed by atoms with E-state index in [1.165, 1.54) is 192 Å². The van der Waals surface area contributed by atoms with Gasteiger partial charge in [-0.1, -0.05) is 151 Å².